The minimum atomic E-state index is -0.584. The van der Waals surface area contributed by atoms with Gasteiger partial charge < -0.3 is 15.4 Å². The number of likely N-dealkylation sites (tertiary alicyclic amines) is 1. The molecule has 0 unspecified atom stereocenters. The van der Waals surface area contributed by atoms with E-state index in [-0.39, 0.29) is 17.6 Å². The lowest BCUT2D eigenvalue weighted by Crippen LogP contribution is -2.42. The zero-order valence-electron chi connectivity index (χ0n) is 19.4. The summed E-state index contributed by atoms with van der Waals surface area (Å²) in [6, 6.07) is 13.7. The summed E-state index contributed by atoms with van der Waals surface area (Å²) in [6.07, 6.45) is 2.44. The lowest BCUT2D eigenvalue weighted by Gasteiger charge is -2.33. The molecule has 1 aliphatic rings. The fraction of sp³-hybridized carbons (Fsp3) is 0.400. The summed E-state index contributed by atoms with van der Waals surface area (Å²) >= 11 is 0. The molecule has 1 fully saturated rings. The molecule has 2 aromatic rings. The van der Waals surface area contributed by atoms with Crippen LogP contribution in [0.2, 0.25) is 0 Å². The van der Waals surface area contributed by atoms with E-state index in [1.54, 1.807) is 35.2 Å². The molecule has 33 heavy (non-hydrogen) atoms. The number of hydrogen-bond donors (Lipinski definition) is 2. The Morgan fingerprint density at radius 2 is 1.67 bits per heavy atom. The van der Waals surface area contributed by atoms with Crippen LogP contribution >= 0.6 is 0 Å². The van der Waals surface area contributed by atoms with Crippen molar-refractivity contribution < 1.29 is 19.1 Å². The number of ether oxygens (including phenoxy) is 1. The van der Waals surface area contributed by atoms with E-state index in [4.69, 9.17) is 16.3 Å². The van der Waals surface area contributed by atoms with E-state index in [1.165, 1.54) is 6.07 Å². The Bertz CT molecular complexity index is 1010. The van der Waals surface area contributed by atoms with Crippen LogP contribution < -0.4 is 16.6 Å². The van der Waals surface area contributed by atoms with Crippen LogP contribution in [-0.4, -0.2) is 41.5 Å². The van der Waals surface area contributed by atoms with E-state index in [0.717, 1.165) is 29.8 Å². The van der Waals surface area contributed by atoms with Crippen LogP contribution in [0.1, 0.15) is 59.9 Å². The highest BCUT2D eigenvalue weighted by Gasteiger charge is 2.27. The van der Waals surface area contributed by atoms with Crippen molar-refractivity contribution in [3.05, 3.63) is 65.2 Å². The van der Waals surface area contributed by atoms with Gasteiger partial charge in [0.1, 0.15) is 5.60 Å². The second-order valence-corrected chi connectivity index (χ2v) is 9.40. The van der Waals surface area contributed by atoms with Crippen LogP contribution in [0.5, 0.6) is 0 Å². The molecular formula is C25H32N4O4. The van der Waals surface area contributed by atoms with E-state index < -0.39 is 11.5 Å². The zero-order chi connectivity index (χ0) is 24.2. The molecule has 3 rings (SSSR count). The monoisotopic (exact) mass is 452 g/mol. The summed E-state index contributed by atoms with van der Waals surface area (Å²) in [6.45, 7) is 6.97. The first kappa shape index (κ1) is 24.3. The van der Waals surface area contributed by atoms with E-state index in [1.807, 2.05) is 32.9 Å². The van der Waals surface area contributed by atoms with Crippen LogP contribution in [0.15, 0.2) is 48.5 Å². The molecule has 8 nitrogen and oxygen atoms in total. The Morgan fingerprint density at radius 3 is 2.24 bits per heavy atom. The Hall–Kier alpha value is -3.39. The standard InChI is InChI=1S/C25H32N4O4/c1-25(2,3)33-24(32)28-13-11-18(12-14-28)15-17-7-9-19(10-8-17)23(31)29(27)21-6-4-5-20(16-21)22(26)30/h4-10,16,18H,11-15,27H2,1-3H3,(H2,26,30). The molecule has 0 radical (unpaired) electrons. The summed E-state index contributed by atoms with van der Waals surface area (Å²) in [5.74, 6) is 5.49. The van der Waals surface area contributed by atoms with Gasteiger partial charge in [0.05, 0.1) is 5.69 Å². The fourth-order valence-corrected chi connectivity index (χ4v) is 3.83. The molecule has 176 valence electrons. The van der Waals surface area contributed by atoms with Crippen molar-refractivity contribution in [2.24, 2.45) is 17.5 Å². The highest BCUT2D eigenvalue weighted by Crippen LogP contribution is 2.24. The summed E-state index contributed by atoms with van der Waals surface area (Å²) in [5.41, 5.74) is 7.06. The van der Waals surface area contributed by atoms with Gasteiger partial charge in [0.15, 0.2) is 0 Å². The maximum atomic E-state index is 12.8. The Labute approximate surface area is 194 Å². The number of nitrogens with two attached hydrogens (primary N) is 2. The molecule has 0 atom stereocenters. The second-order valence-electron chi connectivity index (χ2n) is 9.40. The van der Waals surface area contributed by atoms with Crippen molar-refractivity contribution in [3.63, 3.8) is 0 Å². The maximum Gasteiger partial charge on any atom is 0.410 e. The smallest absolute Gasteiger partial charge is 0.410 e. The molecule has 8 heteroatoms. The number of primary amides is 1. The molecule has 1 saturated heterocycles. The maximum absolute atomic E-state index is 12.8. The SMILES string of the molecule is CC(C)(C)OC(=O)N1CCC(Cc2ccc(C(=O)N(N)c3cccc(C(N)=O)c3)cc2)CC1. The molecule has 1 aliphatic heterocycles. The number of carbonyl (C=O) groups excluding carboxylic acids is 3. The topological polar surface area (TPSA) is 119 Å². The van der Waals surface area contributed by atoms with Gasteiger partial charge in [-0.25, -0.2) is 15.6 Å². The largest absolute Gasteiger partial charge is 0.444 e. The van der Waals surface area contributed by atoms with Crippen molar-refractivity contribution in [1.82, 2.24) is 4.90 Å². The lowest BCUT2D eigenvalue weighted by atomic mass is 9.90. The first-order valence-corrected chi connectivity index (χ1v) is 11.1. The van der Waals surface area contributed by atoms with Gasteiger partial charge in [0.25, 0.3) is 5.91 Å². The minimum absolute atomic E-state index is 0.253. The number of hydrazine groups is 1. The second kappa shape index (κ2) is 10.0. The number of anilines is 1. The van der Waals surface area contributed by atoms with Gasteiger partial charge in [-0.15, -0.1) is 0 Å². The lowest BCUT2D eigenvalue weighted by molar-refractivity contribution is 0.0184. The average Bonchev–Trinajstić information content (AvgIpc) is 2.78. The van der Waals surface area contributed by atoms with Crippen LogP contribution in [0, 0.1) is 5.92 Å². The zero-order valence-corrected chi connectivity index (χ0v) is 19.4. The quantitative estimate of drug-likeness (QED) is 0.409. The number of nitrogens with zero attached hydrogens (tertiary/aromatic N) is 2. The predicted octanol–water partition coefficient (Wildman–Crippen LogP) is 3.50. The van der Waals surface area contributed by atoms with Gasteiger partial charge in [-0.05, 0) is 81.8 Å². The normalized spacial score (nSPS) is 14.6. The Balaban J connectivity index is 1.55. The van der Waals surface area contributed by atoms with E-state index in [2.05, 4.69) is 0 Å². The van der Waals surface area contributed by atoms with Gasteiger partial charge in [-0.3, -0.25) is 9.59 Å². The fourth-order valence-electron chi connectivity index (χ4n) is 3.83. The van der Waals surface area contributed by atoms with Crippen molar-refractivity contribution in [2.75, 3.05) is 18.1 Å². The van der Waals surface area contributed by atoms with Crippen molar-refractivity contribution in [2.45, 2.75) is 45.6 Å². The highest BCUT2D eigenvalue weighted by molar-refractivity contribution is 6.06. The number of benzene rings is 2. The van der Waals surface area contributed by atoms with Gasteiger partial charge in [0.2, 0.25) is 5.91 Å². The van der Waals surface area contributed by atoms with Crippen LogP contribution in [0.4, 0.5) is 10.5 Å². The molecule has 0 aliphatic carbocycles. The van der Waals surface area contributed by atoms with Gasteiger partial charge in [-0.2, -0.15) is 0 Å². The van der Waals surface area contributed by atoms with Gasteiger partial charge in [0, 0.05) is 24.2 Å². The number of rotatable bonds is 5. The molecule has 2 aromatic carbocycles. The van der Waals surface area contributed by atoms with Gasteiger partial charge in [-0.1, -0.05) is 18.2 Å². The third-order valence-electron chi connectivity index (χ3n) is 5.62. The predicted molar refractivity (Wildman–Crippen MR) is 127 cm³/mol. The van der Waals surface area contributed by atoms with E-state index in [9.17, 15) is 14.4 Å². The third kappa shape index (κ3) is 6.55. The number of amides is 3. The van der Waals surface area contributed by atoms with E-state index >= 15 is 0 Å². The molecule has 0 saturated carbocycles. The molecular weight excluding hydrogens is 420 g/mol. The Morgan fingerprint density at radius 1 is 1.03 bits per heavy atom. The summed E-state index contributed by atoms with van der Waals surface area (Å²) in [4.78, 5) is 38.1. The van der Waals surface area contributed by atoms with Crippen LogP contribution in [-0.2, 0) is 11.2 Å². The molecule has 3 amide bonds. The molecule has 0 aromatic heterocycles. The number of carbonyl (C=O) groups is 3. The average molecular weight is 453 g/mol. The number of hydrogen-bond acceptors (Lipinski definition) is 5. The van der Waals surface area contributed by atoms with Crippen molar-refractivity contribution in [3.8, 4) is 0 Å². The van der Waals surface area contributed by atoms with E-state index in [0.29, 0.717) is 30.3 Å². The molecule has 0 bridgehead atoms. The molecule has 1 heterocycles. The molecule has 0 spiro atoms. The van der Waals surface area contributed by atoms with Gasteiger partial charge >= 0.3 is 6.09 Å². The van der Waals surface area contributed by atoms with Crippen molar-refractivity contribution in [1.29, 1.82) is 0 Å². The first-order chi connectivity index (χ1) is 15.5. The number of piperidine rings is 1. The minimum Gasteiger partial charge on any atom is -0.444 e. The van der Waals surface area contributed by atoms with Crippen LogP contribution in [0.25, 0.3) is 0 Å². The first-order valence-electron chi connectivity index (χ1n) is 11.1. The van der Waals surface area contributed by atoms with Crippen molar-refractivity contribution >= 4 is 23.6 Å². The van der Waals surface area contributed by atoms with Crippen LogP contribution in [0.3, 0.4) is 0 Å². The summed E-state index contributed by atoms with van der Waals surface area (Å²) < 4.78 is 5.45. The third-order valence-corrected chi connectivity index (χ3v) is 5.62. The molecule has 4 N–H and O–H groups in total. The summed E-state index contributed by atoms with van der Waals surface area (Å²) in [5, 5.41) is 1.01. The Kier molecular flexibility index (Phi) is 7.38. The highest BCUT2D eigenvalue weighted by atomic mass is 16.6. The summed E-state index contributed by atoms with van der Waals surface area (Å²) in [7, 11) is 0.